The topological polar surface area (TPSA) is 101 Å². The van der Waals surface area contributed by atoms with Crippen molar-refractivity contribution in [3.63, 3.8) is 0 Å². The molecular formula is C14H22N6O. The van der Waals surface area contributed by atoms with Gasteiger partial charge in [0, 0.05) is 25.7 Å². The molecule has 0 radical (unpaired) electrons. The Morgan fingerprint density at radius 2 is 2.19 bits per heavy atom. The molecule has 0 aromatic carbocycles. The number of nitrogen functional groups attached to an aromatic ring is 1. The molecule has 0 spiro atoms. The number of carbonyl (C=O) groups is 1. The van der Waals surface area contributed by atoms with Gasteiger partial charge in [-0.25, -0.2) is 4.98 Å². The van der Waals surface area contributed by atoms with Gasteiger partial charge in [-0.2, -0.15) is 0 Å². The average molecular weight is 290 g/mol. The quantitative estimate of drug-likeness (QED) is 0.668. The number of hydrogen-bond acceptors (Lipinski definition) is 6. The fourth-order valence-electron chi connectivity index (χ4n) is 3.12. The van der Waals surface area contributed by atoms with Gasteiger partial charge in [0.2, 0.25) is 6.41 Å². The van der Waals surface area contributed by atoms with E-state index in [9.17, 15) is 4.79 Å². The van der Waals surface area contributed by atoms with E-state index in [0.29, 0.717) is 5.69 Å². The van der Waals surface area contributed by atoms with Crippen LogP contribution in [0.2, 0.25) is 0 Å². The third-order valence-corrected chi connectivity index (χ3v) is 4.22. The molecule has 5 N–H and O–H groups in total. The molecule has 21 heavy (non-hydrogen) atoms. The lowest BCUT2D eigenvalue weighted by Gasteiger charge is -2.27. The second-order valence-corrected chi connectivity index (χ2v) is 5.71. The molecule has 0 aliphatic carbocycles. The first-order valence-corrected chi connectivity index (χ1v) is 7.42. The first-order chi connectivity index (χ1) is 10.2. The normalized spacial score (nSPS) is 25.4. The Kier molecular flexibility index (Phi) is 3.83. The highest BCUT2D eigenvalue weighted by molar-refractivity contribution is 5.67. The maximum Gasteiger partial charge on any atom is 0.208 e. The molecule has 3 heterocycles. The summed E-state index contributed by atoms with van der Waals surface area (Å²) in [7, 11) is 0. The van der Waals surface area contributed by atoms with E-state index < -0.39 is 0 Å². The molecule has 0 bridgehead atoms. The first-order valence-electron chi connectivity index (χ1n) is 7.42. The van der Waals surface area contributed by atoms with E-state index in [1.54, 1.807) is 0 Å². The Balaban J connectivity index is 1.85. The third-order valence-electron chi connectivity index (χ3n) is 4.22. The van der Waals surface area contributed by atoms with Gasteiger partial charge in [-0.1, -0.05) is 0 Å². The number of nitrogens with two attached hydrogens (primary N) is 2. The highest BCUT2D eigenvalue weighted by Gasteiger charge is 2.28. The molecule has 3 rings (SSSR count). The van der Waals surface area contributed by atoms with Crippen LogP contribution in [0.3, 0.4) is 0 Å². The minimum atomic E-state index is -0.0200. The molecule has 2 aliphatic rings. The highest BCUT2D eigenvalue weighted by atomic mass is 16.1. The summed E-state index contributed by atoms with van der Waals surface area (Å²) in [6, 6.07) is 4.04. The fraction of sp³-hybridized carbons (Fsp3) is 0.571. The third kappa shape index (κ3) is 2.73. The maximum atomic E-state index is 10.7. The van der Waals surface area contributed by atoms with Crippen LogP contribution in [0.25, 0.3) is 0 Å². The van der Waals surface area contributed by atoms with E-state index in [1.165, 1.54) is 0 Å². The number of anilines is 3. The number of nitrogens with zero attached hydrogens (tertiary/aromatic N) is 3. The monoisotopic (exact) mass is 290 g/mol. The van der Waals surface area contributed by atoms with Crippen molar-refractivity contribution in [2.75, 3.05) is 35.2 Å². The van der Waals surface area contributed by atoms with Gasteiger partial charge in [0.05, 0.1) is 5.69 Å². The van der Waals surface area contributed by atoms with E-state index >= 15 is 0 Å². The van der Waals surface area contributed by atoms with Crippen LogP contribution in [0.5, 0.6) is 0 Å². The number of hydrogen-bond donors (Lipinski definition) is 3. The van der Waals surface area contributed by atoms with E-state index in [4.69, 9.17) is 16.5 Å². The van der Waals surface area contributed by atoms with Gasteiger partial charge >= 0.3 is 0 Å². The van der Waals surface area contributed by atoms with Crippen LogP contribution < -0.4 is 26.6 Å². The van der Waals surface area contributed by atoms with E-state index in [2.05, 4.69) is 15.1 Å². The second-order valence-electron chi connectivity index (χ2n) is 5.71. The van der Waals surface area contributed by atoms with Crippen molar-refractivity contribution in [2.45, 2.75) is 31.5 Å². The summed E-state index contributed by atoms with van der Waals surface area (Å²) in [4.78, 5) is 19.7. The molecule has 2 saturated heterocycles. The van der Waals surface area contributed by atoms with Gasteiger partial charge in [0.25, 0.3) is 0 Å². The van der Waals surface area contributed by atoms with Crippen LogP contribution in [0.1, 0.15) is 19.3 Å². The van der Waals surface area contributed by atoms with Crippen molar-refractivity contribution in [3.8, 4) is 0 Å². The number of pyridine rings is 1. The number of amides is 1. The number of nitrogens with one attached hydrogen (secondary N) is 1. The molecular weight excluding hydrogens is 268 g/mol. The molecule has 114 valence electrons. The number of carbonyl (C=O) groups excluding carboxylic acids is 1. The Morgan fingerprint density at radius 1 is 1.33 bits per heavy atom. The Bertz CT molecular complexity index is 522. The van der Waals surface area contributed by atoms with Crippen molar-refractivity contribution in [1.29, 1.82) is 0 Å². The van der Waals surface area contributed by atoms with E-state index in [-0.39, 0.29) is 12.2 Å². The van der Waals surface area contributed by atoms with Gasteiger partial charge < -0.3 is 26.6 Å². The van der Waals surface area contributed by atoms with Crippen LogP contribution >= 0.6 is 0 Å². The molecule has 2 aliphatic heterocycles. The summed E-state index contributed by atoms with van der Waals surface area (Å²) >= 11 is 0. The molecule has 7 heteroatoms. The SMILES string of the molecule is Nc1ccc(N2CCC(N)C2)nc1N1CCCC1NC=O. The zero-order valence-corrected chi connectivity index (χ0v) is 12.0. The standard InChI is InChI=1S/C14H22N6O/c15-10-5-7-19(8-10)13-4-3-11(16)14(18-13)20-6-1-2-12(20)17-9-21/h3-4,9-10,12H,1-2,5-8,15-16H2,(H,17,21). The molecule has 2 atom stereocenters. The second kappa shape index (κ2) is 5.77. The van der Waals surface area contributed by atoms with Crippen LogP contribution in [-0.4, -0.2) is 43.2 Å². The van der Waals surface area contributed by atoms with E-state index in [0.717, 1.165) is 56.9 Å². The van der Waals surface area contributed by atoms with Crippen LogP contribution in [0.15, 0.2) is 12.1 Å². The molecule has 1 aromatic rings. The van der Waals surface area contributed by atoms with Gasteiger partial charge in [0.1, 0.15) is 12.0 Å². The predicted molar refractivity (Wildman–Crippen MR) is 83.0 cm³/mol. The summed E-state index contributed by atoms with van der Waals surface area (Å²) in [5.74, 6) is 1.66. The lowest BCUT2D eigenvalue weighted by atomic mass is 10.3. The van der Waals surface area contributed by atoms with Gasteiger partial charge in [0.15, 0.2) is 5.82 Å². The van der Waals surface area contributed by atoms with Crippen LogP contribution in [0, 0.1) is 0 Å². The fourth-order valence-corrected chi connectivity index (χ4v) is 3.12. The van der Waals surface area contributed by atoms with Crippen molar-refractivity contribution < 1.29 is 4.79 Å². The summed E-state index contributed by atoms with van der Waals surface area (Å²) in [5.41, 5.74) is 12.7. The molecule has 2 unspecified atom stereocenters. The molecule has 1 amide bonds. The maximum absolute atomic E-state index is 10.7. The van der Waals surface area contributed by atoms with Crippen molar-refractivity contribution in [3.05, 3.63) is 12.1 Å². The van der Waals surface area contributed by atoms with Crippen molar-refractivity contribution in [1.82, 2.24) is 10.3 Å². The molecule has 0 saturated carbocycles. The van der Waals surface area contributed by atoms with Crippen molar-refractivity contribution >= 4 is 23.7 Å². The first kappa shape index (κ1) is 13.9. The Hall–Kier alpha value is -2.02. The minimum Gasteiger partial charge on any atom is -0.396 e. The summed E-state index contributed by atoms with van der Waals surface area (Å²) < 4.78 is 0. The Labute approximate surface area is 124 Å². The highest BCUT2D eigenvalue weighted by Crippen LogP contribution is 2.30. The molecule has 2 fully saturated rings. The lowest BCUT2D eigenvalue weighted by molar-refractivity contribution is -0.110. The molecule has 7 nitrogen and oxygen atoms in total. The predicted octanol–water partition coefficient (Wildman–Crippen LogP) is -0.126. The smallest absolute Gasteiger partial charge is 0.208 e. The zero-order valence-electron chi connectivity index (χ0n) is 12.0. The number of aromatic nitrogens is 1. The summed E-state index contributed by atoms with van der Waals surface area (Å²) in [6.45, 7) is 2.60. The average Bonchev–Trinajstić information content (AvgIpc) is 3.09. The Morgan fingerprint density at radius 3 is 2.90 bits per heavy atom. The summed E-state index contributed by atoms with van der Waals surface area (Å²) in [5, 5.41) is 2.83. The summed E-state index contributed by atoms with van der Waals surface area (Å²) in [6.07, 6.45) is 3.64. The van der Waals surface area contributed by atoms with Gasteiger partial charge in [-0.15, -0.1) is 0 Å². The lowest BCUT2D eigenvalue weighted by Crippen LogP contribution is -2.41. The van der Waals surface area contributed by atoms with E-state index in [1.807, 2.05) is 12.1 Å². The van der Waals surface area contributed by atoms with Crippen molar-refractivity contribution in [2.24, 2.45) is 5.73 Å². The largest absolute Gasteiger partial charge is 0.396 e. The minimum absolute atomic E-state index is 0.0200. The van der Waals surface area contributed by atoms with Gasteiger partial charge in [-0.05, 0) is 31.4 Å². The van der Waals surface area contributed by atoms with Gasteiger partial charge in [-0.3, -0.25) is 4.79 Å². The van der Waals surface area contributed by atoms with Crippen LogP contribution in [-0.2, 0) is 4.79 Å². The molecule has 1 aromatic heterocycles. The zero-order chi connectivity index (χ0) is 14.8. The van der Waals surface area contributed by atoms with Crippen LogP contribution in [0.4, 0.5) is 17.3 Å². The number of rotatable bonds is 4.